The lowest BCUT2D eigenvalue weighted by Crippen LogP contribution is -2.46. The van der Waals surface area contributed by atoms with Crippen molar-refractivity contribution >= 4 is 5.57 Å². The first-order chi connectivity index (χ1) is 13.1. The third-order valence-electron chi connectivity index (χ3n) is 7.29. The standard InChI is InChI=1S/C25H26F2/c26-24(27)23(16-25-13-17-10-18(14-25)12-19(11-17)15-25)22-8-6-21(7-9-22)20-4-2-1-3-5-20/h1-9,17-19H,10-16H2. The molecule has 0 unspecified atom stereocenters. The predicted octanol–water partition coefficient (Wildman–Crippen LogP) is 7.57. The van der Waals surface area contributed by atoms with Crippen LogP contribution in [0.25, 0.3) is 16.7 Å². The topological polar surface area (TPSA) is 0 Å². The Morgan fingerprint density at radius 3 is 1.78 bits per heavy atom. The van der Waals surface area contributed by atoms with Gasteiger partial charge in [0.2, 0.25) is 0 Å². The van der Waals surface area contributed by atoms with E-state index in [0.717, 1.165) is 28.9 Å². The van der Waals surface area contributed by atoms with Crippen molar-refractivity contribution < 1.29 is 8.78 Å². The van der Waals surface area contributed by atoms with Gasteiger partial charge in [-0.2, -0.15) is 8.78 Å². The number of allylic oxidation sites excluding steroid dienone is 1. The van der Waals surface area contributed by atoms with E-state index >= 15 is 0 Å². The van der Waals surface area contributed by atoms with Gasteiger partial charge >= 0.3 is 0 Å². The Morgan fingerprint density at radius 1 is 0.741 bits per heavy atom. The molecule has 0 nitrogen and oxygen atoms in total. The highest BCUT2D eigenvalue weighted by Gasteiger charge is 2.51. The van der Waals surface area contributed by atoms with Crippen molar-refractivity contribution in [2.75, 3.05) is 0 Å². The van der Waals surface area contributed by atoms with Gasteiger partial charge in [-0.1, -0.05) is 54.6 Å². The molecule has 0 aliphatic heterocycles. The number of benzene rings is 2. The molecule has 0 aromatic heterocycles. The fourth-order valence-corrected chi connectivity index (χ4v) is 6.65. The molecule has 27 heavy (non-hydrogen) atoms. The minimum absolute atomic E-state index is 0.131. The van der Waals surface area contributed by atoms with Crippen molar-refractivity contribution in [3.8, 4) is 11.1 Å². The van der Waals surface area contributed by atoms with Crippen LogP contribution in [0.2, 0.25) is 0 Å². The van der Waals surface area contributed by atoms with Gasteiger partial charge in [-0.05, 0) is 84.8 Å². The summed E-state index contributed by atoms with van der Waals surface area (Å²) in [6.45, 7) is 0. The van der Waals surface area contributed by atoms with Crippen LogP contribution >= 0.6 is 0 Å². The average Bonchev–Trinajstić information content (AvgIpc) is 2.66. The highest BCUT2D eigenvalue weighted by Crippen LogP contribution is 2.62. The summed E-state index contributed by atoms with van der Waals surface area (Å²) < 4.78 is 27.9. The maximum absolute atomic E-state index is 14.0. The van der Waals surface area contributed by atoms with E-state index in [1.165, 1.54) is 38.5 Å². The van der Waals surface area contributed by atoms with Crippen LogP contribution in [0.4, 0.5) is 8.78 Å². The summed E-state index contributed by atoms with van der Waals surface area (Å²) in [5, 5.41) is 0. The Labute approximate surface area is 160 Å². The first-order valence-corrected chi connectivity index (χ1v) is 10.3. The van der Waals surface area contributed by atoms with Crippen molar-refractivity contribution in [2.45, 2.75) is 44.9 Å². The molecule has 2 aromatic rings. The molecule has 0 heterocycles. The summed E-state index contributed by atoms with van der Waals surface area (Å²) in [7, 11) is 0. The van der Waals surface area contributed by atoms with Crippen LogP contribution in [0.15, 0.2) is 60.7 Å². The minimum atomic E-state index is -1.49. The molecule has 0 N–H and O–H groups in total. The van der Waals surface area contributed by atoms with E-state index in [4.69, 9.17) is 0 Å². The van der Waals surface area contributed by atoms with E-state index in [9.17, 15) is 8.78 Å². The first-order valence-electron chi connectivity index (χ1n) is 10.3. The summed E-state index contributed by atoms with van der Waals surface area (Å²) in [4.78, 5) is 0. The van der Waals surface area contributed by atoms with E-state index in [1.807, 2.05) is 42.5 Å². The molecule has 4 saturated carbocycles. The third-order valence-corrected chi connectivity index (χ3v) is 7.29. The molecule has 0 spiro atoms. The molecule has 6 rings (SSSR count). The highest BCUT2D eigenvalue weighted by atomic mass is 19.3. The lowest BCUT2D eigenvalue weighted by molar-refractivity contribution is -0.0496. The van der Waals surface area contributed by atoms with Crippen molar-refractivity contribution in [1.29, 1.82) is 0 Å². The van der Waals surface area contributed by atoms with Crippen molar-refractivity contribution in [3.05, 3.63) is 66.2 Å². The molecular weight excluding hydrogens is 338 g/mol. The van der Waals surface area contributed by atoms with Gasteiger partial charge < -0.3 is 0 Å². The fraction of sp³-hybridized carbons (Fsp3) is 0.440. The van der Waals surface area contributed by atoms with E-state index < -0.39 is 6.08 Å². The SMILES string of the molecule is FC(F)=C(CC12CC3CC(CC(C3)C1)C2)c1ccc(-c2ccccc2)cc1. The van der Waals surface area contributed by atoms with E-state index in [-0.39, 0.29) is 11.0 Å². The molecule has 0 saturated heterocycles. The summed E-state index contributed by atoms with van der Waals surface area (Å²) in [6, 6.07) is 17.8. The first kappa shape index (κ1) is 17.2. The number of halogens is 2. The number of hydrogen-bond acceptors (Lipinski definition) is 0. The van der Waals surface area contributed by atoms with Crippen LogP contribution in [-0.4, -0.2) is 0 Å². The van der Waals surface area contributed by atoms with Gasteiger partial charge in [-0.3, -0.25) is 0 Å². The summed E-state index contributed by atoms with van der Waals surface area (Å²) in [6.07, 6.45) is 6.61. The lowest BCUT2D eigenvalue weighted by atomic mass is 9.48. The van der Waals surface area contributed by atoms with Gasteiger partial charge in [-0.15, -0.1) is 0 Å². The van der Waals surface area contributed by atoms with Crippen LogP contribution in [-0.2, 0) is 0 Å². The molecule has 2 aromatic carbocycles. The zero-order valence-electron chi connectivity index (χ0n) is 15.6. The summed E-state index contributed by atoms with van der Waals surface area (Å²) >= 11 is 0. The predicted molar refractivity (Wildman–Crippen MR) is 106 cm³/mol. The van der Waals surface area contributed by atoms with Crippen LogP contribution in [0.1, 0.15) is 50.5 Å². The van der Waals surface area contributed by atoms with Crippen molar-refractivity contribution in [3.63, 3.8) is 0 Å². The lowest BCUT2D eigenvalue weighted by Gasteiger charge is -2.57. The number of hydrogen-bond donors (Lipinski definition) is 0. The fourth-order valence-electron chi connectivity index (χ4n) is 6.65. The molecular formula is C25H26F2. The van der Waals surface area contributed by atoms with Gasteiger partial charge in [0, 0.05) is 5.57 Å². The normalized spacial score (nSPS) is 31.1. The van der Waals surface area contributed by atoms with Gasteiger partial charge in [0.25, 0.3) is 6.08 Å². The Kier molecular flexibility index (Phi) is 4.18. The quantitative estimate of drug-likeness (QED) is 0.525. The Bertz CT molecular complexity index is 808. The highest BCUT2D eigenvalue weighted by molar-refractivity contribution is 5.71. The molecule has 140 valence electrons. The van der Waals surface area contributed by atoms with E-state index in [0.29, 0.717) is 12.0 Å². The zero-order valence-corrected chi connectivity index (χ0v) is 15.6. The Morgan fingerprint density at radius 2 is 1.26 bits per heavy atom. The molecule has 4 fully saturated rings. The van der Waals surface area contributed by atoms with Crippen LogP contribution < -0.4 is 0 Å². The molecule has 4 bridgehead atoms. The van der Waals surface area contributed by atoms with Crippen LogP contribution in [0, 0.1) is 23.2 Å². The largest absolute Gasteiger partial charge is 0.274 e. The van der Waals surface area contributed by atoms with E-state index in [2.05, 4.69) is 12.1 Å². The maximum atomic E-state index is 14.0. The third kappa shape index (κ3) is 3.24. The monoisotopic (exact) mass is 364 g/mol. The Balaban J connectivity index is 1.41. The second-order valence-corrected chi connectivity index (χ2v) is 9.28. The van der Waals surface area contributed by atoms with E-state index in [1.54, 1.807) is 0 Å². The van der Waals surface area contributed by atoms with Crippen molar-refractivity contribution in [1.82, 2.24) is 0 Å². The van der Waals surface area contributed by atoms with Gasteiger partial charge in [0.15, 0.2) is 0 Å². The van der Waals surface area contributed by atoms with Crippen LogP contribution in [0.3, 0.4) is 0 Å². The molecule has 2 heteroatoms. The number of rotatable bonds is 4. The molecule has 4 aliphatic carbocycles. The smallest absolute Gasteiger partial charge is 0.173 e. The maximum Gasteiger partial charge on any atom is 0.274 e. The second-order valence-electron chi connectivity index (χ2n) is 9.28. The molecule has 0 amide bonds. The molecule has 4 aliphatic rings. The molecule has 0 radical (unpaired) electrons. The average molecular weight is 364 g/mol. The Hall–Kier alpha value is -1.96. The minimum Gasteiger partial charge on any atom is -0.173 e. The van der Waals surface area contributed by atoms with Crippen molar-refractivity contribution in [2.24, 2.45) is 23.2 Å². The second kappa shape index (κ2) is 6.58. The molecule has 0 atom stereocenters. The van der Waals surface area contributed by atoms with Gasteiger partial charge in [-0.25, -0.2) is 0 Å². The zero-order chi connectivity index (χ0) is 18.4. The van der Waals surface area contributed by atoms with Crippen LogP contribution in [0.5, 0.6) is 0 Å². The summed E-state index contributed by atoms with van der Waals surface area (Å²) in [5.74, 6) is 2.38. The van der Waals surface area contributed by atoms with Gasteiger partial charge in [0.05, 0.1) is 0 Å². The van der Waals surface area contributed by atoms with Gasteiger partial charge in [0.1, 0.15) is 0 Å². The summed E-state index contributed by atoms with van der Waals surface area (Å²) in [5.41, 5.74) is 3.32.